The summed E-state index contributed by atoms with van der Waals surface area (Å²) in [6, 6.07) is 9.67. The van der Waals surface area contributed by atoms with Crippen molar-refractivity contribution in [1.82, 2.24) is 9.78 Å². The number of anilines is 1. The highest BCUT2D eigenvalue weighted by Gasteiger charge is 2.27. The second kappa shape index (κ2) is 8.16. The van der Waals surface area contributed by atoms with E-state index in [1.807, 2.05) is 30.3 Å². The van der Waals surface area contributed by atoms with Gasteiger partial charge in [0.25, 0.3) is 0 Å². The Hall–Kier alpha value is -2.34. The van der Waals surface area contributed by atoms with Crippen LogP contribution >= 0.6 is 0 Å². The Morgan fingerprint density at radius 1 is 1.36 bits per heavy atom. The van der Waals surface area contributed by atoms with E-state index in [1.165, 1.54) is 0 Å². The minimum absolute atomic E-state index is 0.00281. The van der Waals surface area contributed by atoms with Crippen LogP contribution in [0.25, 0.3) is 0 Å². The lowest BCUT2D eigenvalue weighted by Crippen LogP contribution is -2.33. The molecule has 1 aliphatic rings. The molecular weight excluding hydrogens is 318 g/mol. The number of carbonyl (C=O) groups excluding carboxylic acids is 1. The van der Waals surface area contributed by atoms with Gasteiger partial charge in [0, 0.05) is 18.6 Å². The number of nitrogens with one attached hydrogen (secondary N) is 1. The minimum atomic E-state index is 0.00281. The van der Waals surface area contributed by atoms with Gasteiger partial charge in [-0.05, 0) is 37.0 Å². The van der Waals surface area contributed by atoms with Crippen molar-refractivity contribution in [2.45, 2.75) is 38.8 Å². The van der Waals surface area contributed by atoms with Crippen LogP contribution in [0.15, 0.2) is 36.5 Å². The number of aromatic nitrogens is 2. The molecule has 1 aliphatic heterocycles. The van der Waals surface area contributed by atoms with Crippen molar-refractivity contribution in [1.29, 1.82) is 0 Å². The Morgan fingerprint density at radius 3 is 2.88 bits per heavy atom. The highest BCUT2D eigenvalue weighted by atomic mass is 16.5. The van der Waals surface area contributed by atoms with Gasteiger partial charge in [-0.1, -0.05) is 19.1 Å². The lowest BCUT2D eigenvalue weighted by Gasteiger charge is -2.28. The quantitative estimate of drug-likeness (QED) is 0.875. The molecule has 2 aromatic rings. The highest BCUT2D eigenvalue weighted by molar-refractivity contribution is 5.91. The van der Waals surface area contributed by atoms with Crippen molar-refractivity contribution in [3.63, 3.8) is 0 Å². The van der Waals surface area contributed by atoms with Crippen LogP contribution in [0.5, 0.6) is 5.75 Å². The topological polar surface area (TPSA) is 65.4 Å². The molecule has 1 aromatic carbocycles. The number of ether oxygens (including phenoxy) is 2. The molecule has 1 fully saturated rings. The van der Waals surface area contributed by atoms with Crippen LogP contribution in [0.2, 0.25) is 0 Å². The summed E-state index contributed by atoms with van der Waals surface area (Å²) in [4.78, 5) is 12.6. The number of benzene rings is 1. The van der Waals surface area contributed by atoms with E-state index in [2.05, 4.69) is 17.3 Å². The Bertz CT molecular complexity index is 696. The molecule has 2 atom stereocenters. The molecule has 0 saturated carbocycles. The number of methoxy groups -OCH3 is 1. The van der Waals surface area contributed by atoms with E-state index in [-0.39, 0.29) is 17.9 Å². The first-order valence-electron chi connectivity index (χ1n) is 8.76. The van der Waals surface area contributed by atoms with Crippen LogP contribution in [-0.4, -0.2) is 35.5 Å². The van der Waals surface area contributed by atoms with Crippen molar-refractivity contribution in [3.05, 3.63) is 42.1 Å². The van der Waals surface area contributed by atoms with Crippen molar-refractivity contribution >= 4 is 11.7 Å². The molecule has 0 bridgehead atoms. The van der Waals surface area contributed by atoms with Crippen molar-refractivity contribution in [2.75, 3.05) is 19.0 Å². The fourth-order valence-electron chi connectivity index (χ4n) is 3.10. The normalized spacial score (nSPS) is 20.2. The molecule has 1 aromatic heterocycles. The van der Waals surface area contributed by atoms with E-state index in [4.69, 9.17) is 9.47 Å². The van der Waals surface area contributed by atoms with Gasteiger partial charge in [0.05, 0.1) is 26.0 Å². The molecule has 134 valence electrons. The number of nitrogens with zero attached hydrogens (tertiary/aromatic N) is 2. The van der Waals surface area contributed by atoms with Crippen molar-refractivity contribution < 1.29 is 14.3 Å². The summed E-state index contributed by atoms with van der Waals surface area (Å²) in [7, 11) is 1.65. The number of rotatable bonds is 6. The van der Waals surface area contributed by atoms with Gasteiger partial charge in [0.15, 0.2) is 0 Å². The smallest absolute Gasteiger partial charge is 0.228 e. The van der Waals surface area contributed by atoms with Gasteiger partial charge in [-0.2, -0.15) is 5.10 Å². The SMILES string of the molecule is CC[C@H]1C[C@@H](C(=O)Nc2ccnn2Cc2ccc(OC)cc2)CCO1. The van der Waals surface area contributed by atoms with E-state index >= 15 is 0 Å². The summed E-state index contributed by atoms with van der Waals surface area (Å²) in [5.41, 5.74) is 1.09. The molecule has 0 radical (unpaired) electrons. The number of amides is 1. The fourth-order valence-corrected chi connectivity index (χ4v) is 3.10. The van der Waals surface area contributed by atoms with Crippen molar-refractivity contribution in [2.24, 2.45) is 5.92 Å². The second-order valence-corrected chi connectivity index (χ2v) is 6.33. The molecule has 1 N–H and O–H groups in total. The summed E-state index contributed by atoms with van der Waals surface area (Å²) in [5, 5.41) is 7.36. The molecule has 3 rings (SSSR count). The van der Waals surface area contributed by atoms with E-state index in [9.17, 15) is 4.79 Å². The van der Waals surface area contributed by atoms with Gasteiger partial charge in [0.2, 0.25) is 5.91 Å². The first-order chi connectivity index (χ1) is 12.2. The van der Waals surface area contributed by atoms with Gasteiger partial charge >= 0.3 is 0 Å². The number of hydrogen-bond donors (Lipinski definition) is 1. The van der Waals surface area contributed by atoms with Gasteiger partial charge in [-0.25, -0.2) is 4.68 Å². The average Bonchev–Trinajstić information content (AvgIpc) is 3.09. The maximum absolute atomic E-state index is 12.6. The maximum Gasteiger partial charge on any atom is 0.228 e. The molecule has 2 heterocycles. The molecule has 6 nitrogen and oxygen atoms in total. The van der Waals surface area contributed by atoms with Gasteiger partial charge < -0.3 is 14.8 Å². The Kier molecular flexibility index (Phi) is 5.71. The molecule has 0 spiro atoms. The molecular formula is C19H25N3O3. The van der Waals surface area contributed by atoms with Gasteiger partial charge in [-0.3, -0.25) is 4.79 Å². The third kappa shape index (κ3) is 4.39. The third-order valence-electron chi connectivity index (χ3n) is 4.65. The summed E-state index contributed by atoms with van der Waals surface area (Å²) in [6.45, 7) is 3.34. The van der Waals surface area contributed by atoms with E-state index in [1.54, 1.807) is 18.0 Å². The van der Waals surface area contributed by atoms with Crippen LogP contribution < -0.4 is 10.1 Å². The molecule has 1 saturated heterocycles. The first kappa shape index (κ1) is 17.5. The summed E-state index contributed by atoms with van der Waals surface area (Å²) in [6.07, 6.45) is 4.40. The lowest BCUT2D eigenvalue weighted by atomic mass is 9.93. The van der Waals surface area contributed by atoms with Crippen LogP contribution in [-0.2, 0) is 16.1 Å². The number of hydrogen-bond acceptors (Lipinski definition) is 4. The summed E-state index contributed by atoms with van der Waals surface area (Å²) >= 11 is 0. The zero-order valence-corrected chi connectivity index (χ0v) is 14.8. The Labute approximate surface area is 148 Å². The molecule has 1 amide bonds. The standard InChI is InChI=1S/C19H25N3O3/c1-3-16-12-15(9-11-25-16)19(23)21-18-8-10-20-22(18)13-14-4-6-17(24-2)7-5-14/h4-8,10,15-16H,3,9,11-13H2,1-2H3,(H,21,23)/t15-,16-/m0/s1. The van der Waals surface area contributed by atoms with Crippen LogP contribution in [0.4, 0.5) is 5.82 Å². The van der Waals surface area contributed by atoms with Gasteiger partial charge in [-0.15, -0.1) is 0 Å². The van der Waals surface area contributed by atoms with Crippen LogP contribution in [0, 0.1) is 5.92 Å². The molecule has 0 unspecified atom stereocenters. The van der Waals surface area contributed by atoms with E-state index in [0.29, 0.717) is 13.2 Å². The fraction of sp³-hybridized carbons (Fsp3) is 0.474. The Balaban J connectivity index is 1.63. The predicted molar refractivity (Wildman–Crippen MR) is 95.7 cm³/mol. The number of carbonyl (C=O) groups is 1. The van der Waals surface area contributed by atoms with Crippen molar-refractivity contribution in [3.8, 4) is 5.75 Å². The zero-order valence-electron chi connectivity index (χ0n) is 14.8. The van der Waals surface area contributed by atoms with Crippen LogP contribution in [0.3, 0.4) is 0 Å². The zero-order chi connectivity index (χ0) is 17.6. The maximum atomic E-state index is 12.6. The predicted octanol–water partition coefficient (Wildman–Crippen LogP) is 3.08. The summed E-state index contributed by atoms with van der Waals surface area (Å²) < 4.78 is 12.6. The second-order valence-electron chi connectivity index (χ2n) is 6.33. The minimum Gasteiger partial charge on any atom is -0.497 e. The van der Waals surface area contributed by atoms with Gasteiger partial charge in [0.1, 0.15) is 11.6 Å². The molecule has 0 aliphatic carbocycles. The lowest BCUT2D eigenvalue weighted by molar-refractivity contribution is -0.124. The van der Waals surface area contributed by atoms with E-state index in [0.717, 1.165) is 36.4 Å². The monoisotopic (exact) mass is 343 g/mol. The highest BCUT2D eigenvalue weighted by Crippen LogP contribution is 2.24. The average molecular weight is 343 g/mol. The molecule has 6 heteroatoms. The summed E-state index contributed by atoms with van der Waals surface area (Å²) in [5.74, 6) is 1.60. The van der Waals surface area contributed by atoms with Crippen LogP contribution in [0.1, 0.15) is 31.7 Å². The molecule has 25 heavy (non-hydrogen) atoms. The largest absolute Gasteiger partial charge is 0.497 e. The first-order valence-corrected chi connectivity index (χ1v) is 8.76. The third-order valence-corrected chi connectivity index (χ3v) is 4.65. The van der Waals surface area contributed by atoms with E-state index < -0.39 is 0 Å². The Morgan fingerprint density at radius 2 is 2.16 bits per heavy atom.